The molecule has 0 radical (unpaired) electrons. The minimum atomic E-state index is 1.23. The Hall–Kier alpha value is -4.94. The highest BCUT2D eigenvalue weighted by Gasteiger charge is 2.21. The molecular formula is C38H24. The number of fused-ring (bicyclic) bond motifs is 4. The Morgan fingerprint density at radius 2 is 0.789 bits per heavy atom. The number of hydrogen-bond acceptors (Lipinski definition) is 0. The summed E-state index contributed by atoms with van der Waals surface area (Å²) in [5.41, 5.74) is 12.8. The Morgan fingerprint density at radius 1 is 0.237 bits per heavy atom. The van der Waals surface area contributed by atoms with Crippen molar-refractivity contribution in [3.63, 3.8) is 0 Å². The summed E-state index contributed by atoms with van der Waals surface area (Å²) in [5.74, 6) is 0. The van der Waals surface area contributed by atoms with Crippen molar-refractivity contribution in [2.75, 3.05) is 0 Å². The van der Waals surface area contributed by atoms with Crippen molar-refractivity contribution in [2.45, 2.75) is 0 Å². The molecule has 0 nitrogen and oxygen atoms in total. The van der Waals surface area contributed by atoms with Crippen LogP contribution in [0.3, 0.4) is 0 Å². The summed E-state index contributed by atoms with van der Waals surface area (Å²) >= 11 is 0. The first-order valence-electron chi connectivity index (χ1n) is 13.2. The molecule has 1 aliphatic carbocycles. The van der Waals surface area contributed by atoms with Gasteiger partial charge in [0.05, 0.1) is 0 Å². The van der Waals surface area contributed by atoms with E-state index in [4.69, 9.17) is 0 Å². The summed E-state index contributed by atoms with van der Waals surface area (Å²) in [6, 6.07) is 53.3. The number of rotatable bonds is 3. The summed E-state index contributed by atoms with van der Waals surface area (Å²) in [6.45, 7) is 0. The Bertz CT molecular complexity index is 2030. The van der Waals surface area contributed by atoms with Crippen LogP contribution >= 0.6 is 0 Å². The molecule has 0 N–H and O–H groups in total. The van der Waals surface area contributed by atoms with Crippen molar-refractivity contribution in [1.29, 1.82) is 0 Å². The van der Waals surface area contributed by atoms with Crippen LogP contribution in [0, 0.1) is 0 Å². The van der Waals surface area contributed by atoms with Crippen LogP contribution in [0.2, 0.25) is 0 Å². The normalized spacial score (nSPS) is 11.7. The summed E-state index contributed by atoms with van der Waals surface area (Å²) in [6.07, 6.45) is 0. The monoisotopic (exact) mass is 480 g/mol. The molecule has 0 heteroatoms. The summed E-state index contributed by atoms with van der Waals surface area (Å²) < 4.78 is 0. The van der Waals surface area contributed by atoms with Gasteiger partial charge in [-0.15, -0.1) is 0 Å². The van der Waals surface area contributed by atoms with Gasteiger partial charge in [-0.05, 0) is 101 Å². The molecular weight excluding hydrogens is 456 g/mol. The van der Waals surface area contributed by atoms with E-state index >= 15 is 0 Å². The van der Waals surface area contributed by atoms with Gasteiger partial charge in [0.25, 0.3) is 0 Å². The van der Waals surface area contributed by atoms with Crippen LogP contribution in [-0.2, 0) is 0 Å². The summed E-state index contributed by atoms with van der Waals surface area (Å²) in [4.78, 5) is 0. The quantitative estimate of drug-likeness (QED) is 0.236. The maximum Gasteiger partial charge on any atom is -0.00259 e. The topological polar surface area (TPSA) is 0 Å². The lowest BCUT2D eigenvalue weighted by atomic mass is 9.91. The van der Waals surface area contributed by atoms with Crippen molar-refractivity contribution in [3.05, 3.63) is 146 Å². The Labute approximate surface area is 222 Å². The molecule has 176 valence electrons. The zero-order chi connectivity index (χ0) is 25.1. The molecule has 38 heavy (non-hydrogen) atoms. The van der Waals surface area contributed by atoms with Crippen LogP contribution in [0.5, 0.6) is 0 Å². The molecule has 0 spiro atoms. The third kappa shape index (κ3) is 3.24. The zero-order valence-electron chi connectivity index (χ0n) is 20.9. The van der Waals surface area contributed by atoms with E-state index in [1.54, 1.807) is 0 Å². The van der Waals surface area contributed by atoms with E-state index in [1.165, 1.54) is 77.2 Å². The molecule has 0 aromatic heterocycles. The first kappa shape index (κ1) is 21.2. The maximum atomic E-state index is 2.38. The van der Waals surface area contributed by atoms with Gasteiger partial charge in [-0.1, -0.05) is 121 Å². The second-order valence-corrected chi connectivity index (χ2v) is 10.2. The van der Waals surface area contributed by atoms with Gasteiger partial charge < -0.3 is 0 Å². The molecule has 7 aromatic rings. The fourth-order valence-electron chi connectivity index (χ4n) is 6.19. The van der Waals surface area contributed by atoms with E-state index in [9.17, 15) is 0 Å². The fraction of sp³-hybridized carbons (Fsp3) is 0. The fourth-order valence-corrected chi connectivity index (χ4v) is 6.19. The van der Waals surface area contributed by atoms with Crippen LogP contribution in [0.15, 0.2) is 146 Å². The Morgan fingerprint density at radius 3 is 1.61 bits per heavy atom. The van der Waals surface area contributed by atoms with Crippen molar-refractivity contribution >= 4 is 21.5 Å². The van der Waals surface area contributed by atoms with Gasteiger partial charge in [-0.25, -0.2) is 0 Å². The molecule has 0 heterocycles. The highest BCUT2D eigenvalue weighted by Crippen LogP contribution is 2.48. The van der Waals surface area contributed by atoms with Crippen LogP contribution in [0.25, 0.3) is 77.2 Å². The largest absolute Gasteiger partial charge is 0.0616 e. The van der Waals surface area contributed by atoms with Crippen molar-refractivity contribution < 1.29 is 0 Å². The first-order chi connectivity index (χ1) is 18.8. The van der Waals surface area contributed by atoms with Gasteiger partial charge in [0, 0.05) is 0 Å². The van der Waals surface area contributed by atoms with Crippen LogP contribution < -0.4 is 0 Å². The lowest BCUT2D eigenvalue weighted by Gasteiger charge is -2.13. The molecule has 0 saturated heterocycles. The third-order valence-corrected chi connectivity index (χ3v) is 7.98. The molecule has 1 aliphatic rings. The van der Waals surface area contributed by atoms with Gasteiger partial charge >= 0.3 is 0 Å². The second kappa shape index (κ2) is 8.30. The average molecular weight is 481 g/mol. The van der Waals surface area contributed by atoms with E-state index in [2.05, 4.69) is 146 Å². The van der Waals surface area contributed by atoms with E-state index in [0.717, 1.165) is 0 Å². The van der Waals surface area contributed by atoms with Gasteiger partial charge in [0.15, 0.2) is 0 Å². The van der Waals surface area contributed by atoms with Gasteiger partial charge in [-0.2, -0.15) is 0 Å². The van der Waals surface area contributed by atoms with Crippen LogP contribution in [0.1, 0.15) is 0 Å². The highest BCUT2D eigenvalue weighted by atomic mass is 14.2. The summed E-state index contributed by atoms with van der Waals surface area (Å²) in [5, 5.41) is 5.20. The van der Waals surface area contributed by atoms with Gasteiger partial charge in [0.2, 0.25) is 0 Å². The van der Waals surface area contributed by atoms with E-state index in [0.29, 0.717) is 0 Å². The maximum absolute atomic E-state index is 2.38. The highest BCUT2D eigenvalue weighted by molar-refractivity contribution is 6.16. The molecule has 0 atom stereocenters. The molecule has 0 amide bonds. The van der Waals surface area contributed by atoms with E-state index in [1.807, 2.05) is 0 Å². The van der Waals surface area contributed by atoms with Gasteiger partial charge in [0.1, 0.15) is 0 Å². The van der Waals surface area contributed by atoms with Gasteiger partial charge in [-0.3, -0.25) is 0 Å². The zero-order valence-corrected chi connectivity index (χ0v) is 20.9. The van der Waals surface area contributed by atoms with Crippen molar-refractivity contribution in [2.24, 2.45) is 0 Å². The smallest absolute Gasteiger partial charge is 0.00259 e. The van der Waals surface area contributed by atoms with Crippen LogP contribution in [0.4, 0.5) is 0 Å². The molecule has 0 fully saturated rings. The lowest BCUT2D eigenvalue weighted by molar-refractivity contribution is 1.58. The predicted molar refractivity (Wildman–Crippen MR) is 162 cm³/mol. The molecule has 0 saturated carbocycles. The van der Waals surface area contributed by atoms with Crippen molar-refractivity contribution in [1.82, 2.24) is 0 Å². The van der Waals surface area contributed by atoms with E-state index in [-0.39, 0.29) is 0 Å². The van der Waals surface area contributed by atoms with Crippen LogP contribution in [-0.4, -0.2) is 0 Å². The first-order valence-corrected chi connectivity index (χ1v) is 13.2. The molecule has 0 bridgehead atoms. The summed E-state index contributed by atoms with van der Waals surface area (Å²) in [7, 11) is 0. The molecule has 7 aromatic carbocycles. The van der Waals surface area contributed by atoms with E-state index < -0.39 is 0 Å². The molecule has 0 aliphatic heterocycles. The molecule has 8 rings (SSSR count). The third-order valence-electron chi connectivity index (χ3n) is 7.98. The minimum Gasteiger partial charge on any atom is -0.0616 e. The number of benzene rings is 7. The average Bonchev–Trinajstić information content (AvgIpc) is 3.32. The number of hydrogen-bond donors (Lipinski definition) is 0. The second-order valence-electron chi connectivity index (χ2n) is 10.2. The predicted octanol–water partition coefficient (Wildman–Crippen LogP) is 10.6. The lowest BCUT2D eigenvalue weighted by Crippen LogP contribution is -1.87. The SMILES string of the molecule is c1cc(-c2cc3c4c(cccc4c2)-c2ccccc2-3)cc(-c2ccccc2-c2ccc3ccccc3c2)c1. The van der Waals surface area contributed by atoms with Crippen molar-refractivity contribution in [3.8, 4) is 55.6 Å². The minimum absolute atomic E-state index is 1.23. The standard InChI is InChI=1S/C38H24/c1-2-10-26-21-29(20-19-25(26)9-1)33-15-4-3-14-32(33)28-12-7-11-27(22-28)31-23-30-13-8-18-36-34-16-5-6-17-35(34)37(24-31)38(30)36/h1-24H. The Balaban J connectivity index is 1.28. The Kier molecular flexibility index (Phi) is 4.62. The molecule has 0 unspecified atom stereocenters.